The molecule has 6 nitrogen and oxygen atoms in total. The lowest BCUT2D eigenvalue weighted by Gasteiger charge is -2.34. The predicted molar refractivity (Wildman–Crippen MR) is 74.7 cm³/mol. The van der Waals surface area contributed by atoms with Gasteiger partial charge in [-0.1, -0.05) is 6.07 Å². The van der Waals surface area contributed by atoms with Gasteiger partial charge in [-0.25, -0.2) is 8.42 Å². The zero-order valence-electron chi connectivity index (χ0n) is 10.5. The fourth-order valence-corrected chi connectivity index (χ4v) is 3.12. The van der Waals surface area contributed by atoms with Crippen LogP contribution in [0.3, 0.4) is 0 Å². The molecule has 0 amide bonds. The molecule has 0 spiro atoms. The van der Waals surface area contributed by atoms with Crippen molar-refractivity contribution >= 4 is 22.3 Å². The van der Waals surface area contributed by atoms with Crippen molar-refractivity contribution < 1.29 is 13.2 Å². The van der Waals surface area contributed by atoms with Crippen LogP contribution in [0.4, 0.5) is 11.4 Å². The van der Waals surface area contributed by atoms with Gasteiger partial charge in [-0.2, -0.15) is 0 Å². The smallest absolute Gasteiger partial charge is 0.225 e. The summed E-state index contributed by atoms with van der Waals surface area (Å²) in [6.45, 7) is 4.47. The van der Waals surface area contributed by atoms with E-state index in [1.54, 1.807) is 6.07 Å². The van der Waals surface area contributed by atoms with Gasteiger partial charge < -0.3 is 15.0 Å². The zero-order chi connectivity index (χ0) is 13.2. The number of piperazine rings is 1. The second kappa shape index (κ2) is 5.26. The molecule has 0 aromatic heterocycles. The average molecular weight is 283 g/mol. The first-order chi connectivity index (χ1) is 9.27. The van der Waals surface area contributed by atoms with Crippen molar-refractivity contribution in [2.45, 2.75) is 0 Å². The summed E-state index contributed by atoms with van der Waals surface area (Å²) < 4.78 is 29.7. The third kappa shape index (κ3) is 2.35. The molecular formula is C12H17N3O3S. The topological polar surface area (TPSA) is 61.9 Å². The van der Waals surface area contributed by atoms with Crippen molar-refractivity contribution in [3.63, 3.8) is 0 Å². The minimum absolute atomic E-state index is 0.386. The summed E-state index contributed by atoms with van der Waals surface area (Å²) in [7, 11) is -2.61. The quantitative estimate of drug-likeness (QED) is 0.738. The maximum Gasteiger partial charge on any atom is 0.225 e. The lowest BCUT2D eigenvalue weighted by molar-refractivity contribution is 0.316. The molecule has 1 aromatic carbocycles. The number of fused-ring (bicyclic) bond motifs is 1. The van der Waals surface area contributed by atoms with Gasteiger partial charge in [0, 0.05) is 26.2 Å². The van der Waals surface area contributed by atoms with Crippen LogP contribution < -0.4 is 19.3 Å². The number of ether oxygens (including phenoxy) is 1. The molecule has 104 valence electrons. The Balaban J connectivity index is 2.00. The molecule has 19 heavy (non-hydrogen) atoms. The van der Waals surface area contributed by atoms with Crippen molar-refractivity contribution in [3.8, 4) is 5.75 Å². The van der Waals surface area contributed by atoms with Gasteiger partial charge >= 0.3 is 0 Å². The van der Waals surface area contributed by atoms with E-state index in [1.807, 2.05) is 12.1 Å². The number of thiol groups is 1. The molecule has 1 N–H and O–H groups in total. The van der Waals surface area contributed by atoms with Gasteiger partial charge in [0.25, 0.3) is 0 Å². The molecule has 2 heterocycles. The highest BCUT2D eigenvalue weighted by Gasteiger charge is 2.25. The summed E-state index contributed by atoms with van der Waals surface area (Å²) in [6.07, 6.45) is 0. The molecule has 1 aromatic rings. The maximum absolute atomic E-state index is 11.3. The fourth-order valence-electron chi connectivity index (χ4n) is 2.54. The van der Waals surface area contributed by atoms with E-state index in [1.165, 1.54) is 4.31 Å². The standard InChI is InChI=1S/C12H17N3O3S/c16-19(17)15-8-9-18-12-10(2-1-3-11(12)15)14-6-4-13-5-7-14/h1-3,13,19H,4-9H2. The van der Waals surface area contributed by atoms with Gasteiger partial charge in [-0.3, -0.25) is 4.31 Å². The van der Waals surface area contributed by atoms with Crippen LogP contribution in [-0.2, 0) is 10.9 Å². The second-order valence-corrected chi connectivity index (χ2v) is 5.53. The van der Waals surface area contributed by atoms with E-state index in [0.29, 0.717) is 24.6 Å². The van der Waals surface area contributed by atoms with Gasteiger partial charge in [0.15, 0.2) is 5.75 Å². The Morgan fingerprint density at radius 2 is 1.84 bits per heavy atom. The molecule has 0 saturated carbocycles. The Kier molecular flexibility index (Phi) is 3.48. The first kappa shape index (κ1) is 12.6. The summed E-state index contributed by atoms with van der Waals surface area (Å²) in [5.41, 5.74) is 1.64. The number of anilines is 2. The first-order valence-electron chi connectivity index (χ1n) is 6.40. The van der Waals surface area contributed by atoms with Crippen LogP contribution in [0, 0.1) is 0 Å². The van der Waals surface area contributed by atoms with E-state index in [2.05, 4.69) is 10.2 Å². The summed E-state index contributed by atoms with van der Waals surface area (Å²) >= 11 is 0. The molecule has 2 aliphatic heterocycles. The average Bonchev–Trinajstić information content (AvgIpc) is 2.46. The minimum atomic E-state index is -2.61. The highest BCUT2D eigenvalue weighted by molar-refractivity contribution is 7.74. The summed E-state index contributed by atoms with van der Waals surface area (Å²) in [5.74, 6) is 0.690. The van der Waals surface area contributed by atoms with Crippen LogP contribution in [0.25, 0.3) is 0 Å². The van der Waals surface area contributed by atoms with Crippen molar-refractivity contribution in [2.24, 2.45) is 0 Å². The lowest BCUT2D eigenvalue weighted by atomic mass is 10.2. The molecule has 0 atom stereocenters. The number of nitrogens with one attached hydrogen (secondary N) is 1. The fraction of sp³-hybridized carbons (Fsp3) is 0.500. The highest BCUT2D eigenvalue weighted by Crippen LogP contribution is 2.40. The Morgan fingerprint density at radius 1 is 1.11 bits per heavy atom. The molecule has 0 unspecified atom stereocenters. The number of nitrogens with zero attached hydrogens (tertiary/aromatic N) is 2. The number of rotatable bonds is 2. The third-order valence-corrected chi connectivity index (χ3v) is 4.27. The third-order valence-electron chi connectivity index (χ3n) is 3.46. The van der Waals surface area contributed by atoms with Crippen LogP contribution >= 0.6 is 0 Å². The maximum atomic E-state index is 11.3. The molecule has 1 fully saturated rings. The summed E-state index contributed by atoms with van der Waals surface area (Å²) in [5, 5.41) is 3.30. The molecular weight excluding hydrogens is 266 g/mol. The van der Waals surface area contributed by atoms with Crippen LogP contribution in [-0.4, -0.2) is 47.7 Å². The van der Waals surface area contributed by atoms with Gasteiger partial charge in [0.2, 0.25) is 10.9 Å². The van der Waals surface area contributed by atoms with Crippen molar-refractivity contribution in [2.75, 3.05) is 48.5 Å². The van der Waals surface area contributed by atoms with Gasteiger partial charge in [0.1, 0.15) is 6.61 Å². The van der Waals surface area contributed by atoms with Crippen LogP contribution in [0.5, 0.6) is 5.75 Å². The Bertz CT molecular complexity index is 533. The van der Waals surface area contributed by atoms with Crippen LogP contribution in [0.1, 0.15) is 0 Å². The highest BCUT2D eigenvalue weighted by atomic mass is 32.2. The van der Waals surface area contributed by atoms with E-state index < -0.39 is 10.9 Å². The second-order valence-electron chi connectivity index (χ2n) is 4.57. The summed E-state index contributed by atoms with van der Waals surface area (Å²) in [4.78, 5) is 2.23. The van der Waals surface area contributed by atoms with Crippen molar-refractivity contribution in [1.29, 1.82) is 0 Å². The molecule has 2 aliphatic rings. The Hall–Kier alpha value is -1.47. The largest absolute Gasteiger partial charge is 0.487 e. The number of benzene rings is 1. The molecule has 0 radical (unpaired) electrons. The molecule has 7 heteroatoms. The molecule has 3 rings (SSSR count). The van der Waals surface area contributed by atoms with Gasteiger partial charge in [0.05, 0.1) is 17.9 Å². The number of para-hydroxylation sites is 1. The molecule has 0 bridgehead atoms. The van der Waals surface area contributed by atoms with Crippen molar-refractivity contribution in [3.05, 3.63) is 18.2 Å². The zero-order valence-corrected chi connectivity index (χ0v) is 11.4. The lowest BCUT2D eigenvalue weighted by Crippen LogP contribution is -2.44. The molecule has 0 aliphatic carbocycles. The Morgan fingerprint density at radius 3 is 2.58 bits per heavy atom. The predicted octanol–water partition coefficient (Wildman–Crippen LogP) is -0.179. The van der Waals surface area contributed by atoms with Gasteiger partial charge in [-0.05, 0) is 12.1 Å². The van der Waals surface area contributed by atoms with E-state index in [4.69, 9.17) is 4.74 Å². The van der Waals surface area contributed by atoms with E-state index in [-0.39, 0.29) is 0 Å². The SMILES string of the molecule is O=[SH](=O)N1CCOc2c(N3CCNCC3)cccc21. The number of hydrogen-bond donors (Lipinski definition) is 2. The van der Waals surface area contributed by atoms with E-state index in [0.717, 1.165) is 31.9 Å². The molecule has 1 saturated heterocycles. The van der Waals surface area contributed by atoms with Crippen LogP contribution in [0.15, 0.2) is 18.2 Å². The Labute approximate surface area is 114 Å². The van der Waals surface area contributed by atoms with Crippen LogP contribution in [0.2, 0.25) is 0 Å². The summed E-state index contributed by atoms with van der Waals surface area (Å²) in [6, 6.07) is 5.67. The van der Waals surface area contributed by atoms with E-state index in [9.17, 15) is 8.42 Å². The number of hydrogen-bond acceptors (Lipinski definition) is 5. The van der Waals surface area contributed by atoms with Crippen molar-refractivity contribution in [1.82, 2.24) is 5.32 Å². The normalized spacial score (nSPS) is 19.2. The first-order valence-corrected chi connectivity index (χ1v) is 7.54. The van der Waals surface area contributed by atoms with Gasteiger partial charge in [-0.15, -0.1) is 0 Å². The minimum Gasteiger partial charge on any atom is -0.487 e. The monoisotopic (exact) mass is 283 g/mol. The van der Waals surface area contributed by atoms with E-state index >= 15 is 0 Å².